The molecule has 1 unspecified atom stereocenters. The Morgan fingerprint density at radius 2 is 1.90 bits per heavy atom. The van der Waals surface area contributed by atoms with E-state index in [1.165, 1.54) is 0 Å². The standard InChI is InChI=1S/C15H30N2O3/c1-12(10-20-4)17-13(18)9-16-11-15(19)7-5-14(2,3)6-8-15/h12,16,19H,5-11H2,1-4H3,(H,17,18). The van der Waals surface area contributed by atoms with Crippen LogP contribution in [0.25, 0.3) is 0 Å². The summed E-state index contributed by atoms with van der Waals surface area (Å²) < 4.78 is 4.96. The highest BCUT2D eigenvalue weighted by molar-refractivity contribution is 5.78. The Labute approximate surface area is 122 Å². The van der Waals surface area contributed by atoms with Gasteiger partial charge in [0.1, 0.15) is 0 Å². The predicted molar refractivity (Wildman–Crippen MR) is 79.5 cm³/mol. The number of aliphatic hydroxyl groups is 1. The van der Waals surface area contributed by atoms with Gasteiger partial charge in [0.15, 0.2) is 0 Å². The van der Waals surface area contributed by atoms with Gasteiger partial charge < -0.3 is 20.5 Å². The topological polar surface area (TPSA) is 70.6 Å². The Balaban J connectivity index is 2.22. The molecular weight excluding hydrogens is 256 g/mol. The molecule has 0 heterocycles. The van der Waals surface area contributed by atoms with Gasteiger partial charge in [-0.3, -0.25) is 4.79 Å². The van der Waals surface area contributed by atoms with Gasteiger partial charge in [0, 0.05) is 19.7 Å². The van der Waals surface area contributed by atoms with E-state index in [-0.39, 0.29) is 18.5 Å². The highest BCUT2D eigenvalue weighted by atomic mass is 16.5. The summed E-state index contributed by atoms with van der Waals surface area (Å²) in [5.41, 5.74) is -0.326. The fraction of sp³-hybridized carbons (Fsp3) is 0.933. The fourth-order valence-corrected chi connectivity index (χ4v) is 2.60. The Bertz CT molecular complexity index is 308. The number of rotatable bonds is 7. The zero-order valence-corrected chi connectivity index (χ0v) is 13.3. The average molecular weight is 286 g/mol. The van der Waals surface area contributed by atoms with Crippen molar-refractivity contribution < 1.29 is 14.6 Å². The second-order valence-corrected chi connectivity index (χ2v) is 6.92. The number of methoxy groups -OCH3 is 1. The van der Waals surface area contributed by atoms with E-state index < -0.39 is 5.60 Å². The van der Waals surface area contributed by atoms with Crippen LogP contribution in [0, 0.1) is 5.41 Å². The second kappa shape index (κ2) is 7.38. The molecule has 3 N–H and O–H groups in total. The van der Waals surface area contributed by atoms with E-state index in [1.54, 1.807) is 7.11 Å². The van der Waals surface area contributed by atoms with Crippen LogP contribution in [0.2, 0.25) is 0 Å². The highest BCUT2D eigenvalue weighted by Crippen LogP contribution is 2.39. The smallest absolute Gasteiger partial charge is 0.234 e. The number of carbonyl (C=O) groups excluding carboxylic acids is 1. The maximum Gasteiger partial charge on any atom is 0.234 e. The zero-order valence-electron chi connectivity index (χ0n) is 13.3. The molecule has 1 rings (SSSR count). The highest BCUT2D eigenvalue weighted by Gasteiger charge is 2.36. The minimum absolute atomic E-state index is 0.00728. The molecule has 0 aromatic heterocycles. The first-order chi connectivity index (χ1) is 9.26. The van der Waals surface area contributed by atoms with Gasteiger partial charge in [-0.25, -0.2) is 0 Å². The molecule has 0 aromatic rings. The van der Waals surface area contributed by atoms with Crippen LogP contribution in [0.3, 0.4) is 0 Å². The van der Waals surface area contributed by atoms with Gasteiger partial charge in [0.05, 0.1) is 18.8 Å². The van der Waals surface area contributed by atoms with Gasteiger partial charge in [-0.05, 0) is 38.0 Å². The molecule has 0 aliphatic heterocycles. The lowest BCUT2D eigenvalue weighted by molar-refractivity contribution is -0.121. The molecule has 20 heavy (non-hydrogen) atoms. The monoisotopic (exact) mass is 286 g/mol. The Morgan fingerprint density at radius 3 is 2.45 bits per heavy atom. The van der Waals surface area contributed by atoms with Gasteiger partial charge in [0.2, 0.25) is 5.91 Å². The van der Waals surface area contributed by atoms with Crippen molar-refractivity contribution in [1.82, 2.24) is 10.6 Å². The summed E-state index contributed by atoms with van der Waals surface area (Å²) in [4.78, 5) is 11.7. The van der Waals surface area contributed by atoms with Crippen molar-refractivity contribution in [3.8, 4) is 0 Å². The number of amides is 1. The van der Waals surface area contributed by atoms with E-state index in [1.807, 2.05) is 6.92 Å². The van der Waals surface area contributed by atoms with Gasteiger partial charge in [0.25, 0.3) is 0 Å². The van der Waals surface area contributed by atoms with Crippen molar-refractivity contribution in [3.63, 3.8) is 0 Å². The molecule has 0 spiro atoms. The molecule has 1 atom stereocenters. The van der Waals surface area contributed by atoms with Gasteiger partial charge in [-0.15, -0.1) is 0 Å². The van der Waals surface area contributed by atoms with Crippen LogP contribution < -0.4 is 10.6 Å². The van der Waals surface area contributed by atoms with E-state index in [0.29, 0.717) is 18.6 Å². The van der Waals surface area contributed by atoms with E-state index >= 15 is 0 Å². The van der Waals surface area contributed by atoms with Crippen molar-refractivity contribution >= 4 is 5.91 Å². The molecule has 5 nitrogen and oxygen atoms in total. The SMILES string of the molecule is COCC(C)NC(=O)CNCC1(O)CCC(C)(C)CC1. The van der Waals surface area contributed by atoms with Gasteiger partial charge >= 0.3 is 0 Å². The number of hydrogen-bond acceptors (Lipinski definition) is 4. The molecule has 1 aliphatic rings. The van der Waals surface area contributed by atoms with Crippen molar-refractivity contribution in [1.29, 1.82) is 0 Å². The Kier molecular flexibility index (Phi) is 6.43. The minimum Gasteiger partial charge on any atom is -0.389 e. The van der Waals surface area contributed by atoms with Crippen LogP contribution in [-0.4, -0.2) is 49.5 Å². The molecule has 1 fully saturated rings. The van der Waals surface area contributed by atoms with Crippen molar-refractivity contribution in [2.24, 2.45) is 5.41 Å². The van der Waals surface area contributed by atoms with Crippen LogP contribution >= 0.6 is 0 Å². The molecular formula is C15H30N2O3. The molecule has 0 bridgehead atoms. The number of carbonyl (C=O) groups is 1. The lowest BCUT2D eigenvalue weighted by atomic mass is 9.71. The fourth-order valence-electron chi connectivity index (χ4n) is 2.60. The third-order valence-corrected chi connectivity index (χ3v) is 4.10. The summed E-state index contributed by atoms with van der Waals surface area (Å²) in [6.45, 7) is 7.60. The van der Waals surface area contributed by atoms with Crippen molar-refractivity contribution in [3.05, 3.63) is 0 Å². The van der Waals surface area contributed by atoms with E-state index in [4.69, 9.17) is 4.74 Å². The lowest BCUT2D eigenvalue weighted by Gasteiger charge is -2.40. The summed E-state index contributed by atoms with van der Waals surface area (Å²) in [6, 6.07) is 0.00728. The van der Waals surface area contributed by atoms with Crippen LogP contribution in [0.4, 0.5) is 0 Å². The lowest BCUT2D eigenvalue weighted by Crippen LogP contribution is -2.48. The number of ether oxygens (including phenoxy) is 1. The van der Waals surface area contributed by atoms with Crippen molar-refractivity contribution in [2.45, 2.75) is 58.1 Å². The van der Waals surface area contributed by atoms with Gasteiger partial charge in [-0.1, -0.05) is 13.8 Å². The molecule has 0 radical (unpaired) electrons. The molecule has 5 heteroatoms. The van der Waals surface area contributed by atoms with Crippen molar-refractivity contribution in [2.75, 3.05) is 26.8 Å². The number of nitrogens with one attached hydrogen (secondary N) is 2. The van der Waals surface area contributed by atoms with Gasteiger partial charge in [-0.2, -0.15) is 0 Å². The van der Waals surface area contributed by atoms with E-state index in [0.717, 1.165) is 25.7 Å². The molecule has 1 saturated carbocycles. The van der Waals surface area contributed by atoms with E-state index in [2.05, 4.69) is 24.5 Å². The van der Waals surface area contributed by atoms with Crippen LogP contribution in [0.5, 0.6) is 0 Å². The Hall–Kier alpha value is -0.650. The first-order valence-electron chi connectivity index (χ1n) is 7.48. The summed E-state index contributed by atoms with van der Waals surface area (Å²) in [5.74, 6) is -0.0608. The summed E-state index contributed by atoms with van der Waals surface area (Å²) in [7, 11) is 1.61. The first-order valence-corrected chi connectivity index (χ1v) is 7.48. The predicted octanol–water partition coefficient (Wildman–Crippen LogP) is 1.06. The molecule has 0 aromatic carbocycles. The zero-order chi connectivity index (χ0) is 15.2. The maximum atomic E-state index is 11.7. The summed E-state index contributed by atoms with van der Waals surface area (Å²) >= 11 is 0. The summed E-state index contributed by atoms with van der Waals surface area (Å²) in [5, 5.41) is 16.4. The minimum atomic E-state index is -0.659. The Morgan fingerprint density at radius 1 is 1.30 bits per heavy atom. The maximum absolute atomic E-state index is 11.7. The second-order valence-electron chi connectivity index (χ2n) is 6.92. The molecule has 1 aliphatic carbocycles. The molecule has 1 amide bonds. The first kappa shape index (κ1) is 17.4. The largest absolute Gasteiger partial charge is 0.389 e. The summed E-state index contributed by atoms with van der Waals surface area (Å²) in [6.07, 6.45) is 3.66. The third kappa shape index (κ3) is 6.20. The average Bonchev–Trinajstić information content (AvgIpc) is 2.34. The molecule has 118 valence electrons. The van der Waals surface area contributed by atoms with Crippen LogP contribution in [0.1, 0.15) is 46.5 Å². The number of hydrogen-bond donors (Lipinski definition) is 3. The van der Waals surface area contributed by atoms with E-state index in [9.17, 15) is 9.90 Å². The molecule has 0 saturated heterocycles. The van der Waals surface area contributed by atoms with Crippen LogP contribution in [0.15, 0.2) is 0 Å². The quantitative estimate of drug-likeness (QED) is 0.654. The third-order valence-electron chi connectivity index (χ3n) is 4.10. The normalized spacial score (nSPS) is 22.2. The van der Waals surface area contributed by atoms with Crippen LogP contribution in [-0.2, 0) is 9.53 Å².